The fraction of sp³-hybridized carbons (Fsp3) is 0.571. The lowest BCUT2D eigenvalue weighted by molar-refractivity contribution is -0.146. The van der Waals surface area contributed by atoms with Gasteiger partial charge >= 0.3 is 5.97 Å². The average molecular weight is 458 g/mol. The van der Waals surface area contributed by atoms with Gasteiger partial charge in [-0.2, -0.15) is 8.42 Å². The van der Waals surface area contributed by atoms with E-state index in [2.05, 4.69) is 5.32 Å². The van der Waals surface area contributed by atoms with E-state index in [1.165, 1.54) is 31.2 Å². The molecular weight excluding hydrogens is 426 g/mol. The van der Waals surface area contributed by atoms with Crippen molar-refractivity contribution >= 4 is 33.5 Å². The van der Waals surface area contributed by atoms with Gasteiger partial charge in [0.25, 0.3) is 10.1 Å². The van der Waals surface area contributed by atoms with Gasteiger partial charge in [0.15, 0.2) is 0 Å². The summed E-state index contributed by atoms with van der Waals surface area (Å²) in [5, 5.41) is 2.48. The Balaban J connectivity index is 2.73. The second-order valence-corrected chi connectivity index (χ2v) is 8.63. The Kier molecular flexibility index (Phi) is 12.0. The summed E-state index contributed by atoms with van der Waals surface area (Å²) in [7, 11) is -2.92. The highest BCUT2D eigenvalue weighted by Crippen LogP contribution is 2.22. The molecule has 9 nitrogen and oxygen atoms in total. The number of rotatable bonds is 15. The van der Waals surface area contributed by atoms with Crippen molar-refractivity contribution in [2.75, 3.05) is 25.6 Å². The number of carbonyl (C=O) groups excluding carboxylic acids is 3. The van der Waals surface area contributed by atoms with Crippen molar-refractivity contribution < 1.29 is 36.8 Å². The van der Waals surface area contributed by atoms with Crippen LogP contribution in [0.15, 0.2) is 29.2 Å². The molecule has 1 aromatic rings. The van der Waals surface area contributed by atoms with E-state index in [0.717, 1.165) is 12.8 Å². The zero-order valence-electron chi connectivity index (χ0n) is 18.0. The van der Waals surface area contributed by atoms with E-state index in [9.17, 15) is 27.4 Å². The van der Waals surface area contributed by atoms with Gasteiger partial charge in [0, 0.05) is 26.6 Å². The Hall–Kier alpha value is -2.30. The number of methoxy groups -OCH3 is 1. The Morgan fingerprint density at radius 3 is 2.42 bits per heavy atom. The first-order chi connectivity index (χ1) is 14.6. The molecule has 0 aliphatic heterocycles. The van der Waals surface area contributed by atoms with Crippen LogP contribution in [0.4, 0.5) is 5.69 Å². The molecule has 0 aromatic heterocycles. The molecule has 1 rings (SSSR count). The number of carbonyl (C=O) groups is 3. The van der Waals surface area contributed by atoms with Gasteiger partial charge in [0.1, 0.15) is 17.3 Å². The number of amides is 1. The third-order valence-corrected chi connectivity index (χ3v) is 5.46. The number of ether oxygens (including phenoxy) is 2. The highest BCUT2D eigenvalue weighted by atomic mass is 32.2. The highest BCUT2D eigenvalue weighted by molar-refractivity contribution is 7.86. The first kappa shape index (κ1) is 26.7. The lowest BCUT2D eigenvalue weighted by Gasteiger charge is -2.18. The van der Waals surface area contributed by atoms with Gasteiger partial charge in [-0.25, -0.2) is 0 Å². The van der Waals surface area contributed by atoms with E-state index in [0.29, 0.717) is 19.4 Å². The lowest BCUT2D eigenvalue weighted by Crippen LogP contribution is -2.28. The minimum atomic E-state index is -4.53. The average Bonchev–Trinajstić information content (AvgIpc) is 2.69. The Morgan fingerprint density at radius 1 is 1.06 bits per heavy atom. The molecule has 0 bridgehead atoms. The standard InChI is InChI=1S/C21H31NO8S/c1-16(23)9-8-10-17(15-30-20(24)13-4-3-7-14-29-2)21(25)22-18-11-5-6-12-19(18)31(26,27)28/h5-6,11-12,17H,3-4,7-10,13-15H2,1-2H3,(H,22,25)(H,26,27,28). The summed E-state index contributed by atoms with van der Waals surface area (Å²) in [6.45, 7) is 1.88. The summed E-state index contributed by atoms with van der Waals surface area (Å²) in [6.07, 6.45) is 3.49. The number of ketones is 1. The molecule has 31 heavy (non-hydrogen) atoms. The normalized spacial score (nSPS) is 12.2. The van der Waals surface area contributed by atoms with Gasteiger partial charge in [0.2, 0.25) is 5.91 Å². The van der Waals surface area contributed by atoms with E-state index < -0.39 is 32.8 Å². The van der Waals surface area contributed by atoms with Crippen LogP contribution < -0.4 is 5.32 Å². The molecule has 0 aliphatic rings. The number of hydrogen-bond donors (Lipinski definition) is 2. The van der Waals surface area contributed by atoms with Crippen LogP contribution in [-0.4, -0.2) is 51.0 Å². The molecule has 0 spiro atoms. The molecule has 0 radical (unpaired) electrons. The molecule has 0 saturated carbocycles. The number of hydrogen-bond acceptors (Lipinski definition) is 7. The Morgan fingerprint density at radius 2 is 1.77 bits per heavy atom. The first-order valence-corrected chi connectivity index (χ1v) is 11.6. The van der Waals surface area contributed by atoms with E-state index >= 15 is 0 Å². The number of unbranched alkanes of at least 4 members (excludes halogenated alkanes) is 2. The van der Waals surface area contributed by atoms with Gasteiger partial charge in [-0.05, 0) is 44.7 Å². The number of esters is 1. The molecule has 0 heterocycles. The van der Waals surface area contributed by atoms with Gasteiger partial charge in [-0.3, -0.25) is 14.1 Å². The van der Waals surface area contributed by atoms with Gasteiger partial charge in [-0.15, -0.1) is 0 Å². The van der Waals surface area contributed by atoms with Gasteiger partial charge in [-0.1, -0.05) is 18.6 Å². The monoisotopic (exact) mass is 457 g/mol. The maximum Gasteiger partial charge on any atom is 0.305 e. The number of nitrogens with one attached hydrogen (secondary N) is 1. The molecule has 0 fully saturated rings. The fourth-order valence-corrected chi connectivity index (χ4v) is 3.52. The van der Waals surface area contributed by atoms with E-state index in [1.54, 1.807) is 7.11 Å². The van der Waals surface area contributed by atoms with Crippen LogP contribution in [-0.2, 0) is 34.0 Å². The van der Waals surface area contributed by atoms with Crippen LogP contribution >= 0.6 is 0 Å². The number of Topliss-reactive ketones (excluding diaryl/α,β-unsaturated/α-hetero) is 1. The number of para-hydroxylation sites is 1. The van der Waals surface area contributed by atoms with Gasteiger partial charge in [0.05, 0.1) is 11.6 Å². The molecule has 1 aromatic carbocycles. The van der Waals surface area contributed by atoms with Gasteiger partial charge < -0.3 is 19.6 Å². The van der Waals surface area contributed by atoms with Crippen LogP contribution in [0.3, 0.4) is 0 Å². The highest BCUT2D eigenvalue weighted by Gasteiger charge is 2.23. The fourth-order valence-electron chi connectivity index (χ4n) is 2.88. The molecular formula is C21H31NO8S. The van der Waals surface area contributed by atoms with Crippen LogP contribution in [0.1, 0.15) is 51.9 Å². The Labute approximate surface area is 183 Å². The molecule has 1 unspecified atom stereocenters. The largest absolute Gasteiger partial charge is 0.465 e. The number of anilines is 1. The zero-order chi connectivity index (χ0) is 23.3. The van der Waals surface area contributed by atoms with E-state index in [4.69, 9.17) is 9.47 Å². The zero-order valence-corrected chi connectivity index (χ0v) is 18.8. The van der Waals surface area contributed by atoms with Crippen molar-refractivity contribution in [2.24, 2.45) is 5.92 Å². The topological polar surface area (TPSA) is 136 Å². The molecule has 0 aliphatic carbocycles. The van der Waals surface area contributed by atoms with E-state index in [-0.39, 0.29) is 37.3 Å². The number of benzene rings is 1. The maximum atomic E-state index is 12.7. The Bertz CT molecular complexity index is 838. The predicted octanol–water partition coefficient (Wildman–Crippen LogP) is 3.00. The van der Waals surface area contributed by atoms with Crippen LogP contribution in [0.2, 0.25) is 0 Å². The third-order valence-electron chi connectivity index (χ3n) is 4.55. The molecule has 1 atom stereocenters. The van der Waals surface area contributed by atoms with Crippen molar-refractivity contribution in [3.05, 3.63) is 24.3 Å². The summed E-state index contributed by atoms with van der Waals surface area (Å²) in [5.41, 5.74) is -0.0731. The second kappa shape index (κ2) is 13.9. The van der Waals surface area contributed by atoms with Crippen molar-refractivity contribution in [1.82, 2.24) is 0 Å². The maximum absolute atomic E-state index is 12.7. The van der Waals surface area contributed by atoms with Crippen molar-refractivity contribution in [2.45, 2.75) is 56.8 Å². The second-order valence-electron chi connectivity index (χ2n) is 7.24. The molecule has 1 amide bonds. The SMILES string of the molecule is COCCCCCC(=O)OCC(CCCC(C)=O)C(=O)Nc1ccccc1S(=O)(=O)O. The molecule has 2 N–H and O–H groups in total. The molecule has 174 valence electrons. The van der Waals surface area contributed by atoms with Crippen LogP contribution in [0.5, 0.6) is 0 Å². The summed E-state index contributed by atoms with van der Waals surface area (Å²) in [4.78, 5) is 35.5. The van der Waals surface area contributed by atoms with Crippen molar-refractivity contribution in [3.8, 4) is 0 Å². The lowest BCUT2D eigenvalue weighted by atomic mass is 10.0. The first-order valence-electron chi connectivity index (χ1n) is 10.2. The molecule has 0 saturated heterocycles. The third kappa shape index (κ3) is 11.0. The van der Waals surface area contributed by atoms with Crippen LogP contribution in [0, 0.1) is 5.92 Å². The van der Waals surface area contributed by atoms with Crippen molar-refractivity contribution in [3.63, 3.8) is 0 Å². The van der Waals surface area contributed by atoms with Crippen LogP contribution in [0.25, 0.3) is 0 Å². The smallest absolute Gasteiger partial charge is 0.305 e. The minimum absolute atomic E-state index is 0.0241. The predicted molar refractivity (Wildman–Crippen MR) is 114 cm³/mol. The summed E-state index contributed by atoms with van der Waals surface area (Å²) < 4.78 is 42.6. The quantitative estimate of drug-likeness (QED) is 0.233. The van der Waals surface area contributed by atoms with Crippen molar-refractivity contribution in [1.29, 1.82) is 0 Å². The minimum Gasteiger partial charge on any atom is -0.465 e. The summed E-state index contributed by atoms with van der Waals surface area (Å²) in [6, 6.07) is 5.44. The molecule has 10 heteroatoms. The van der Waals surface area contributed by atoms with E-state index in [1.807, 2.05) is 0 Å². The summed E-state index contributed by atoms with van der Waals surface area (Å²) >= 11 is 0. The summed E-state index contributed by atoms with van der Waals surface area (Å²) in [5.74, 6) is -1.79.